The van der Waals surface area contributed by atoms with Crippen LogP contribution < -0.4 is 5.32 Å². The number of rotatable bonds is 4. The normalized spacial score (nSPS) is 11.2. The standard InChI is InChI=1S/C20H16BrN3S/c1-13-3-4-15(9-14(13)2)19-12-25-20(24-19)16(10-22)11-23-18-7-5-17(21)6-8-18/h3-9,11-12,23H,1-2H3. The first kappa shape index (κ1) is 17.4. The number of nitriles is 1. The van der Waals surface area contributed by atoms with E-state index in [1.165, 1.54) is 22.5 Å². The number of benzene rings is 2. The van der Waals surface area contributed by atoms with E-state index in [4.69, 9.17) is 0 Å². The van der Waals surface area contributed by atoms with Crippen LogP contribution in [0.25, 0.3) is 16.8 Å². The molecule has 3 aromatic rings. The van der Waals surface area contributed by atoms with Gasteiger partial charge in [0.25, 0.3) is 0 Å². The lowest BCUT2D eigenvalue weighted by Gasteiger charge is -2.03. The van der Waals surface area contributed by atoms with Crippen molar-refractivity contribution in [1.29, 1.82) is 5.26 Å². The second-order valence-corrected chi connectivity index (χ2v) is 7.43. The molecule has 1 aromatic heterocycles. The van der Waals surface area contributed by atoms with Gasteiger partial charge in [-0.25, -0.2) is 4.98 Å². The van der Waals surface area contributed by atoms with Crippen LogP contribution in [0, 0.1) is 25.2 Å². The second kappa shape index (κ2) is 7.64. The zero-order chi connectivity index (χ0) is 17.8. The van der Waals surface area contributed by atoms with E-state index in [1.807, 2.05) is 29.6 Å². The van der Waals surface area contributed by atoms with E-state index in [2.05, 4.69) is 64.3 Å². The monoisotopic (exact) mass is 409 g/mol. The molecule has 25 heavy (non-hydrogen) atoms. The molecule has 0 atom stereocenters. The number of hydrogen-bond donors (Lipinski definition) is 1. The molecular formula is C20H16BrN3S. The summed E-state index contributed by atoms with van der Waals surface area (Å²) in [6, 6.07) is 16.3. The van der Waals surface area contributed by atoms with Crippen molar-refractivity contribution >= 4 is 38.5 Å². The summed E-state index contributed by atoms with van der Waals surface area (Å²) in [5, 5.41) is 15.3. The van der Waals surface area contributed by atoms with Crippen molar-refractivity contribution in [3.05, 3.63) is 74.7 Å². The lowest BCUT2D eigenvalue weighted by atomic mass is 10.1. The Kier molecular flexibility index (Phi) is 5.32. The van der Waals surface area contributed by atoms with Gasteiger partial charge < -0.3 is 5.32 Å². The molecule has 0 radical (unpaired) electrons. The minimum atomic E-state index is 0.517. The highest BCUT2D eigenvalue weighted by Crippen LogP contribution is 2.27. The Morgan fingerprint density at radius 2 is 1.92 bits per heavy atom. The van der Waals surface area contributed by atoms with Gasteiger partial charge in [-0.3, -0.25) is 0 Å². The fourth-order valence-corrected chi connectivity index (χ4v) is 3.33. The van der Waals surface area contributed by atoms with Crippen LogP contribution in [0.15, 0.2) is 58.5 Å². The van der Waals surface area contributed by atoms with E-state index >= 15 is 0 Å². The van der Waals surface area contributed by atoms with Crippen LogP contribution in [0.3, 0.4) is 0 Å². The van der Waals surface area contributed by atoms with Gasteiger partial charge >= 0.3 is 0 Å². The Balaban J connectivity index is 1.83. The molecule has 0 amide bonds. The second-order valence-electron chi connectivity index (χ2n) is 5.66. The van der Waals surface area contributed by atoms with Crippen molar-refractivity contribution in [1.82, 2.24) is 4.98 Å². The number of nitrogens with zero attached hydrogens (tertiary/aromatic N) is 2. The molecule has 0 bridgehead atoms. The highest BCUT2D eigenvalue weighted by atomic mass is 79.9. The number of aryl methyl sites for hydroxylation is 2. The highest BCUT2D eigenvalue weighted by molar-refractivity contribution is 9.10. The smallest absolute Gasteiger partial charge is 0.136 e. The van der Waals surface area contributed by atoms with E-state index in [0.717, 1.165) is 21.4 Å². The number of nitrogens with one attached hydrogen (secondary N) is 1. The van der Waals surface area contributed by atoms with Gasteiger partial charge in [0.1, 0.15) is 16.6 Å². The van der Waals surface area contributed by atoms with Crippen LogP contribution in [0.4, 0.5) is 5.69 Å². The summed E-state index contributed by atoms with van der Waals surface area (Å²) in [6.45, 7) is 4.19. The first-order valence-electron chi connectivity index (χ1n) is 7.73. The molecule has 0 aliphatic heterocycles. The van der Waals surface area contributed by atoms with Crippen LogP contribution in [0.5, 0.6) is 0 Å². The van der Waals surface area contributed by atoms with Crippen molar-refractivity contribution in [3.8, 4) is 17.3 Å². The number of aromatic nitrogens is 1. The molecule has 0 spiro atoms. The van der Waals surface area contributed by atoms with E-state index in [9.17, 15) is 5.26 Å². The number of allylic oxidation sites excluding steroid dienone is 1. The first-order valence-corrected chi connectivity index (χ1v) is 9.40. The lowest BCUT2D eigenvalue weighted by Crippen LogP contribution is -1.91. The summed E-state index contributed by atoms with van der Waals surface area (Å²) < 4.78 is 1.01. The predicted octanol–water partition coefficient (Wildman–Crippen LogP) is 6.17. The van der Waals surface area contributed by atoms with Gasteiger partial charge in [-0.05, 0) is 55.3 Å². The summed E-state index contributed by atoms with van der Waals surface area (Å²) in [7, 11) is 0. The van der Waals surface area contributed by atoms with Gasteiger partial charge in [-0.1, -0.05) is 28.1 Å². The quantitative estimate of drug-likeness (QED) is 0.524. The van der Waals surface area contributed by atoms with Crippen LogP contribution in [0.2, 0.25) is 0 Å². The van der Waals surface area contributed by atoms with Crippen LogP contribution >= 0.6 is 27.3 Å². The third-order valence-corrected chi connectivity index (χ3v) is 5.29. The van der Waals surface area contributed by atoms with Gasteiger partial charge in [-0.2, -0.15) is 5.26 Å². The van der Waals surface area contributed by atoms with E-state index in [0.29, 0.717) is 10.6 Å². The Labute approximate surface area is 159 Å². The Bertz CT molecular complexity index is 965. The van der Waals surface area contributed by atoms with Crippen molar-refractivity contribution < 1.29 is 0 Å². The van der Waals surface area contributed by atoms with Gasteiger partial charge in [0, 0.05) is 27.3 Å². The summed E-state index contributed by atoms with van der Waals surface area (Å²) in [6.07, 6.45) is 1.70. The molecule has 0 saturated heterocycles. The minimum Gasteiger partial charge on any atom is -0.360 e. The third kappa shape index (κ3) is 4.16. The van der Waals surface area contributed by atoms with Crippen LogP contribution in [0.1, 0.15) is 16.1 Å². The van der Waals surface area contributed by atoms with Gasteiger partial charge in [-0.15, -0.1) is 11.3 Å². The maximum Gasteiger partial charge on any atom is 0.136 e. The summed E-state index contributed by atoms with van der Waals surface area (Å²) in [5.74, 6) is 0. The zero-order valence-corrected chi connectivity index (χ0v) is 16.3. The van der Waals surface area contributed by atoms with Crippen molar-refractivity contribution in [2.24, 2.45) is 0 Å². The number of halogens is 1. The maximum absolute atomic E-state index is 9.46. The molecular weight excluding hydrogens is 394 g/mol. The maximum atomic E-state index is 9.46. The Morgan fingerprint density at radius 1 is 1.16 bits per heavy atom. The number of anilines is 1. The number of thiazole rings is 1. The van der Waals surface area contributed by atoms with E-state index < -0.39 is 0 Å². The molecule has 2 aromatic carbocycles. The van der Waals surface area contributed by atoms with E-state index in [-0.39, 0.29) is 0 Å². The molecule has 5 heteroatoms. The van der Waals surface area contributed by atoms with Crippen LogP contribution in [-0.4, -0.2) is 4.98 Å². The summed E-state index contributed by atoms with van der Waals surface area (Å²) in [5.41, 5.74) is 5.90. The largest absolute Gasteiger partial charge is 0.360 e. The number of hydrogen-bond acceptors (Lipinski definition) is 4. The minimum absolute atomic E-state index is 0.517. The third-order valence-electron chi connectivity index (χ3n) is 3.89. The van der Waals surface area contributed by atoms with E-state index in [1.54, 1.807) is 6.20 Å². The SMILES string of the molecule is Cc1ccc(-c2csc(C(C#N)=CNc3ccc(Br)cc3)n2)cc1C. The zero-order valence-electron chi connectivity index (χ0n) is 13.9. The van der Waals surface area contributed by atoms with Crippen LogP contribution in [-0.2, 0) is 0 Å². The Hall–Kier alpha value is -2.42. The molecule has 1 heterocycles. The Morgan fingerprint density at radius 3 is 2.60 bits per heavy atom. The predicted molar refractivity (Wildman–Crippen MR) is 108 cm³/mol. The van der Waals surface area contributed by atoms with Crippen molar-refractivity contribution in [2.75, 3.05) is 5.32 Å². The molecule has 124 valence electrons. The summed E-state index contributed by atoms with van der Waals surface area (Å²) in [4.78, 5) is 4.63. The summed E-state index contributed by atoms with van der Waals surface area (Å²) >= 11 is 4.88. The van der Waals surface area contributed by atoms with Crippen molar-refractivity contribution in [2.45, 2.75) is 13.8 Å². The molecule has 0 unspecified atom stereocenters. The lowest BCUT2D eigenvalue weighted by molar-refractivity contribution is 1.31. The fourth-order valence-electron chi connectivity index (χ4n) is 2.27. The molecule has 0 fully saturated rings. The highest BCUT2D eigenvalue weighted by Gasteiger charge is 2.09. The fraction of sp³-hybridized carbons (Fsp3) is 0.100. The molecule has 3 rings (SSSR count). The first-order chi connectivity index (χ1) is 12.1. The molecule has 0 saturated carbocycles. The van der Waals surface area contributed by atoms with Gasteiger partial charge in [0.15, 0.2) is 0 Å². The average molecular weight is 410 g/mol. The average Bonchev–Trinajstić information content (AvgIpc) is 3.09. The van der Waals surface area contributed by atoms with Gasteiger partial charge in [0.2, 0.25) is 0 Å². The molecule has 3 nitrogen and oxygen atoms in total. The van der Waals surface area contributed by atoms with Crippen molar-refractivity contribution in [3.63, 3.8) is 0 Å². The topological polar surface area (TPSA) is 48.7 Å². The molecule has 0 aliphatic carbocycles. The van der Waals surface area contributed by atoms with Gasteiger partial charge in [0.05, 0.1) is 5.69 Å². The molecule has 0 aliphatic rings. The molecule has 1 N–H and O–H groups in total.